The van der Waals surface area contributed by atoms with E-state index in [1.54, 1.807) is 12.1 Å². The predicted octanol–water partition coefficient (Wildman–Crippen LogP) is 4.03. The van der Waals surface area contributed by atoms with Crippen LogP contribution in [0.15, 0.2) is 48.5 Å². The first-order valence-corrected chi connectivity index (χ1v) is 7.52. The Balaban J connectivity index is 2.21. The van der Waals surface area contributed by atoms with E-state index in [0.29, 0.717) is 18.1 Å². The van der Waals surface area contributed by atoms with E-state index in [2.05, 4.69) is 20.8 Å². The number of hydrogen-bond donors (Lipinski definition) is 1. The van der Waals surface area contributed by atoms with Crippen LogP contribution in [0.25, 0.3) is 0 Å². The zero-order valence-electron chi connectivity index (χ0n) is 13.7. The summed E-state index contributed by atoms with van der Waals surface area (Å²) in [4.78, 5) is 10.6. The Morgan fingerprint density at radius 3 is 2.35 bits per heavy atom. The van der Waals surface area contributed by atoms with Crippen LogP contribution in [0.2, 0.25) is 0 Å². The predicted molar refractivity (Wildman–Crippen MR) is 89.0 cm³/mol. The number of carboxylic acid groups (broad SMARTS) is 1. The Morgan fingerprint density at radius 2 is 1.74 bits per heavy atom. The topological polar surface area (TPSA) is 55.8 Å². The van der Waals surface area contributed by atoms with E-state index < -0.39 is 5.97 Å². The van der Waals surface area contributed by atoms with Gasteiger partial charge in [-0.05, 0) is 22.6 Å². The Bertz CT molecular complexity index is 657. The quantitative estimate of drug-likeness (QED) is 0.874. The third-order valence-electron chi connectivity index (χ3n) is 3.36. The molecular weight excluding hydrogens is 292 g/mol. The summed E-state index contributed by atoms with van der Waals surface area (Å²) in [6.07, 6.45) is 0. The monoisotopic (exact) mass is 314 g/mol. The largest absolute Gasteiger partial charge is 0.488 e. The van der Waals surface area contributed by atoms with Crippen molar-refractivity contribution >= 4 is 5.97 Å². The number of rotatable bonds is 6. The van der Waals surface area contributed by atoms with Crippen LogP contribution in [0.4, 0.5) is 0 Å². The lowest BCUT2D eigenvalue weighted by molar-refractivity contribution is -0.139. The van der Waals surface area contributed by atoms with Gasteiger partial charge in [0, 0.05) is 6.07 Å². The highest BCUT2D eigenvalue weighted by Crippen LogP contribution is 2.34. The SMILES string of the molecule is CC(C)(C)c1ccc(OCC(=O)O)cc1OCc1ccccc1. The fraction of sp³-hybridized carbons (Fsp3) is 0.316. The van der Waals surface area contributed by atoms with E-state index in [9.17, 15) is 4.79 Å². The van der Waals surface area contributed by atoms with Crippen LogP contribution in [0.3, 0.4) is 0 Å². The molecule has 0 saturated heterocycles. The fourth-order valence-corrected chi connectivity index (χ4v) is 2.21. The molecule has 0 aromatic heterocycles. The number of aliphatic carboxylic acids is 1. The van der Waals surface area contributed by atoms with Gasteiger partial charge < -0.3 is 14.6 Å². The lowest BCUT2D eigenvalue weighted by Gasteiger charge is -2.23. The molecule has 0 aliphatic heterocycles. The molecule has 0 bridgehead atoms. The molecule has 23 heavy (non-hydrogen) atoms. The van der Waals surface area contributed by atoms with Gasteiger partial charge in [0.15, 0.2) is 6.61 Å². The molecule has 2 rings (SSSR count). The van der Waals surface area contributed by atoms with E-state index in [0.717, 1.165) is 11.1 Å². The first kappa shape index (κ1) is 16.9. The minimum absolute atomic E-state index is 0.0860. The van der Waals surface area contributed by atoms with Crippen molar-refractivity contribution in [2.45, 2.75) is 32.8 Å². The van der Waals surface area contributed by atoms with Gasteiger partial charge in [0.05, 0.1) is 0 Å². The Morgan fingerprint density at radius 1 is 1.04 bits per heavy atom. The summed E-state index contributed by atoms with van der Waals surface area (Å²) in [5.41, 5.74) is 2.04. The molecule has 0 fully saturated rings. The first-order valence-electron chi connectivity index (χ1n) is 7.52. The van der Waals surface area contributed by atoms with E-state index in [-0.39, 0.29) is 12.0 Å². The molecule has 122 valence electrons. The molecule has 0 saturated carbocycles. The van der Waals surface area contributed by atoms with Crippen molar-refractivity contribution in [3.8, 4) is 11.5 Å². The van der Waals surface area contributed by atoms with Crippen LogP contribution in [0.1, 0.15) is 31.9 Å². The molecule has 2 aromatic carbocycles. The molecule has 0 radical (unpaired) electrons. The zero-order chi connectivity index (χ0) is 16.9. The molecule has 0 amide bonds. The van der Waals surface area contributed by atoms with E-state index in [4.69, 9.17) is 14.6 Å². The van der Waals surface area contributed by atoms with Gasteiger partial charge in [-0.15, -0.1) is 0 Å². The lowest BCUT2D eigenvalue weighted by atomic mass is 9.86. The maximum absolute atomic E-state index is 10.6. The summed E-state index contributed by atoms with van der Waals surface area (Å²) in [5, 5.41) is 8.72. The summed E-state index contributed by atoms with van der Waals surface area (Å²) in [7, 11) is 0. The fourth-order valence-electron chi connectivity index (χ4n) is 2.21. The van der Waals surface area contributed by atoms with Gasteiger partial charge in [-0.25, -0.2) is 4.79 Å². The first-order chi connectivity index (χ1) is 10.9. The molecule has 4 nitrogen and oxygen atoms in total. The standard InChI is InChI=1S/C19H22O4/c1-19(2,3)16-10-9-15(22-13-18(20)21)11-17(16)23-12-14-7-5-4-6-8-14/h4-11H,12-13H2,1-3H3,(H,20,21). The van der Waals surface area contributed by atoms with Crippen LogP contribution in [-0.4, -0.2) is 17.7 Å². The smallest absolute Gasteiger partial charge is 0.341 e. The minimum atomic E-state index is -1.00. The van der Waals surface area contributed by atoms with Crippen molar-refractivity contribution in [2.75, 3.05) is 6.61 Å². The molecule has 0 aliphatic rings. The van der Waals surface area contributed by atoms with Crippen molar-refractivity contribution in [3.05, 3.63) is 59.7 Å². The summed E-state index contributed by atoms with van der Waals surface area (Å²) in [5.74, 6) is 0.198. The van der Waals surface area contributed by atoms with Gasteiger partial charge in [0.25, 0.3) is 0 Å². The average Bonchev–Trinajstić information content (AvgIpc) is 2.51. The molecule has 0 aliphatic carbocycles. The maximum atomic E-state index is 10.6. The second-order valence-electron chi connectivity index (χ2n) is 6.36. The van der Waals surface area contributed by atoms with Crippen LogP contribution in [0, 0.1) is 0 Å². The maximum Gasteiger partial charge on any atom is 0.341 e. The second kappa shape index (κ2) is 7.18. The second-order valence-corrected chi connectivity index (χ2v) is 6.36. The summed E-state index contributed by atoms with van der Waals surface area (Å²) >= 11 is 0. The van der Waals surface area contributed by atoms with Crippen LogP contribution >= 0.6 is 0 Å². The highest BCUT2D eigenvalue weighted by atomic mass is 16.5. The Labute approximate surface area is 136 Å². The van der Waals surface area contributed by atoms with Gasteiger partial charge in [-0.2, -0.15) is 0 Å². The molecule has 1 N–H and O–H groups in total. The van der Waals surface area contributed by atoms with Gasteiger partial charge in [-0.1, -0.05) is 57.2 Å². The number of hydrogen-bond acceptors (Lipinski definition) is 3. The van der Waals surface area contributed by atoms with E-state index in [1.807, 2.05) is 36.4 Å². The lowest BCUT2D eigenvalue weighted by Crippen LogP contribution is -2.14. The normalized spacial score (nSPS) is 11.1. The average molecular weight is 314 g/mol. The highest BCUT2D eigenvalue weighted by molar-refractivity contribution is 5.68. The summed E-state index contributed by atoms with van der Waals surface area (Å²) in [6, 6.07) is 15.4. The minimum Gasteiger partial charge on any atom is -0.488 e. The van der Waals surface area contributed by atoms with Gasteiger partial charge in [-0.3, -0.25) is 0 Å². The van der Waals surface area contributed by atoms with Gasteiger partial charge >= 0.3 is 5.97 Å². The third kappa shape index (κ3) is 5.02. The highest BCUT2D eigenvalue weighted by Gasteiger charge is 2.20. The Hall–Kier alpha value is -2.49. The number of carboxylic acids is 1. The molecule has 4 heteroatoms. The van der Waals surface area contributed by atoms with Crippen molar-refractivity contribution in [1.82, 2.24) is 0 Å². The van der Waals surface area contributed by atoms with Crippen LogP contribution < -0.4 is 9.47 Å². The van der Waals surface area contributed by atoms with Crippen LogP contribution in [-0.2, 0) is 16.8 Å². The van der Waals surface area contributed by atoms with Gasteiger partial charge in [0.2, 0.25) is 0 Å². The van der Waals surface area contributed by atoms with E-state index in [1.165, 1.54) is 0 Å². The molecule has 0 atom stereocenters. The van der Waals surface area contributed by atoms with Crippen molar-refractivity contribution in [2.24, 2.45) is 0 Å². The van der Waals surface area contributed by atoms with Crippen molar-refractivity contribution in [1.29, 1.82) is 0 Å². The number of carbonyl (C=O) groups is 1. The molecule has 0 heterocycles. The Kier molecular flexibility index (Phi) is 5.27. The molecule has 0 spiro atoms. The molecular formula is C19H22O4. The zero-order valence-corrected chi connectivity index (χ0v) is 13.7. The van der Waals surface area contributed by atoms with Gasteiger partial charge in [0.1, 0.15) is 18.1 Å². The number of ether oxygens (including phenoxy) is 2. The number of benzene rings is 2. The summed E-state index contributed by atoms with van der Waals surface area (Å²) in [6.45, 7) is 6.40. The van der Waals surface area contributed by atoms with E-state index >= 15 is 0 Å². The van der Waals surface area contributed by atoms with Crippen molar-refractivity contribution < 1.29 is 19.4 Å². The third-order valence-corrected chi connectivity index (χ3v) is 3.36. The summed E-state index contributed by atoms with van der Waals surface area (Å²) < 4.78 is 11.2. The molecule has 2 aromatic rings. The van der Waals surface area contributed by atoms with Crippen molar-refractivity contribution in [3.63, 3.8) is 0 Å². The van der Waals surface area contributed by atoms with Crippen LogP contribution in [0.5, 0.6) is 11.5 Å². The molecule has 0 unspecified atom stereocenters.